The van der Waals surface area contributed by atoms with E-state index in [0.717, 1.165) is 19.0 Å². The highest BCUT2D eigenvalue weighted by molar-refractivity contribution is 5.24. The third-order valence-electron chi connectivity index (χ3n) is 4.44. The highest BCUT2D eigenvalue weighted by atomic mass is 15.1. The average Bonchev–Trinajstić information content (AvgIpc) is 2.47. The van der Waals surface area contributed by atoms with E-state index in [1.807, 2.05) is 0 Å². The van der Waals surface area contributed by atoms with E-state index in [9.17, 15) is 0 Å². The van der Waals surface area contributed by atoms with Crippen LogP contribution in [0.15, 0.2) is 24.3 Å². The van der Waals surface area contributed by atoms with Crippen molar-refractivity contribution >= 4 is 0 Å². The van der Waals surface area contributed by atoms with Crippen LogP contribution < -0.4 is 5.32 Å². The van der Waals surface area contributed by atoms with Crippen LogP contribution >= 0.6 is 0 Å². The fraction of sp³-hybridized carbons (Fsp3) is 0.667. The molecule has 0 amide bonds. The first-order valence-electron chi connectivity index (χ1n) is 8.21. The summed E-state index contributed by atoms with van der Waals surface area (Å²) in [6, 6.07) is 9.19. The van der Waals surface area contributed by atoms with E-state index in [1.54, 1.807) is 0 Å². The first kappa shape index (κ1) is 15.5. The summed E-state index contributed by atoms with van der Waals surface area (Å²) in [4.78, 5) is 2.60. The molecule has 2 heteroatoms. The number of hydrogen-bond donors (Lipinski definition) is 1. The van der Waals surface area contributed by atoms with E-state index in [0.29, 0.717) is 5.92 Å². The van der Waals surface area contributed by atoms with Crippen LogP contribution in [0, 0.1) is 5.92 Å². The normalized spacial score (nSPS) is 17.8. The number of benzene rings is 1. The van der Waals surface area contributed by atoms with Crippen LogP contribution in [0.1, 0.15) is 52.1 Å². The third kappa shape index (κ3) is 4.60. The lowest BCUT2D eigenvalue weighted by molar-refractivity contribution is 0.176. The van der Waals surface area contributed by atoms with Gasteiger partial charge in [-0.2, -0.15) is 0 Å². The topological polar surface area (TPSA) is 15.3 Å². The van der Waals surface area contributed by atoms with Crippen LogP contribution in [0.5, 0.6) is 0 Å². The van der Waals surface area contributed by atoms with Crippen LogP contribution in [-0.2, 0) is 6.54 Å². The number of piperidine rings is 1. The molecule has 0 atom stereocenters. The lowest BCUT2D eigenvalue weighted by Gasteiger charge is -2.32. The molecule has 1 aliphatic rings. The van der Waals surface area contributed by atoms with Gasteiger partial charge in [-0.05, 0) is 62.0 Å². The summed E-state index contributed by atoms with van der Waals surface area (Å²) < 4.78 is 0. The summed E-state index contributed by atoms with van der Waals surface area (Å²) in [7, 11) is 0. The Morgan fingerprint density at radius 3 is 2.40 bits per heavy atom. The fourth-order valence-corrected chi connectivity index (χ4v) is 2.96. The predicted molar refractivity (Wildman–Crippen MR) is 89.2 cm³/mol. The van der Waals surface area contributed by atoms with Gasteiger partial charge in [-0.15, -0.1) is 0 Å². The van der Waals surface area contributed by atoms with E-state index < -0.39 is 0 Å². The zero-order valence-corrected chi connectivity index (χ0v) is 13.4. The van der Waals surface area contributed by atoms with Gasteiger partial charge < -0.3 is 5.32 Å². The molecule has 114 valence electrons. The predicted octanol–water partition coefficient (Wildman–Crippen LogP) is 3.88. The molecule has 0 bridgehead atoms. The van der Waals surface area contributed by atoms with Crippen LogP contribution in [0.25, 0.3) is 0 Å². The highest BCUT2D eigenvalue weighted by Gasteiger charge is 2.18. The second-order valence-electron chi connectivity index (χ2n) is 6.42. The molecule has 1 aliphatic heterocycles. The number of rotatable bonds is 6. The second kappa shape index (κ2) is 7.80. The smallest absolute Gasteiger partial charge is 0.0233 e. The van der Waals surface area contributed by atoms with Crippen molar-refractivity contribution < 1.29 is 1.43 Å². The molecule has 0 spiro atoms. The molecule has 0 aliphatic carbocycles. The molecular weight excluding hydrogens is 244 g/mol. The first-order valence-corrected chi connectivity index (χ1v) is 8.21. The van der Waals surface area contributed by atoms with Crippen molar-refractivity contribution in [3.8, 4) is 0 Å². The Morgan fingerprint density at radius 2 is 1.85 bits per heavy atom. The number of hydrogen-bond acceptors (Lipinski definition) is 2. The van der Waals surface area contributed by atoms with Crippen molar-refractivity contribution in [1.82, 2.24) is 10.2 Å². The Morgan fingerprint density at radius 1 is 1.20 bits per heavy atom. The average molecular weight is 276 g/mol. The maximum atomic E-state index is 3.48. The van der Waals surface area contributed by atoms with Crippen LogP contribution in [0.3, 0.4) is 0 Å². The van der Waals surface area contributed by atoms with E-state index in [2.05, 4.69) is 55.3 Å². The first-order chi connectivity index (χ1) is 9.69. The largest absolute Gasteiger partial charge is 0.317 e. The van der Waals surface area contributed by atoms with Gasteiger partial charge in [0, 0.05) is 7.97 Å². The maximum Gasteiger partial charge on any atom is 0.0233 e. The Kier molecular flexibility index (Phi) is 6.06. The zero-order valence-electron chi connectivity index (χ0n) is 13.4. The molecule has 0 radical (unpaired) electrons. The van der Waals surface area contributed by atoms with Gasteiger partial charge in [0.15, 0.2) is 0 Å². The summed E-state index contributed by atoms with van der Waals surface area (Å²) in [5.41, 5.74) is 2.90. The quantitative estimate of drug-likeness (QED) is 0.848. The molecule has 1 saturated heterocycles. The SMILES string of the molecule is CCNCC1CCN(Cc2ccc(C(C)C)cc2)CC1.[HH]. The Bertz CT molecular complexity index is 381. The molecule has 20 heavy (non-hydrogen) atoms. The lowest BCUT2D eigenvalue weighted by atomic mass is 9.96. The molecule has 2 nitrogen and oxygen atoms in total. The standard InChI is InChI=1S/C18H30N2.H2/c1-4-19-13-16-9-11-20(12-10-16)14-17-5-7-18(8-6-17)15(2)3;/h5-8,15-16,19H,4,9-14H2,1-3H3;1H. The van der Waals surface area contributed by atoms with Gasteiger partial charge in [-0.1, -0.05) is 45.0 Å². The van der Waals surface area contributed by atoms with E-state index >= 15 is 0 Å². The van der Waals surface area contributed by atoms with E-state index in [-0.39, 0.29) is 1.43 Å². The number of likely N-dealkylation sites (tertiary alicyclic amines) is 1. The van der Waals surface area contributed by atoms with Crippen molar-refractivity contribution in [3.63, 3.8) is 0 Å². The van der Waals surface area contributed by atoms with Gasteiger partial charge in [0.25, 0.3) is 0 Å². The number of nitrogens with one attached hydrogen (secondary N) is 1. The van der Waals surface area contributed by atoms with Gasteiger partial charge in [-0.25, -0.2) is 0 Å². The molecule has 2 rings (SSSR count). The van der Waals surface area contributed by atoms with Crippen molar-refractivity contribution in [2.45, 2.75) is 46.1 Å². The molecule has 1 N–H and O–H groups in total. The molecule has 1 fully saturated rings. The molecular formula is C18H32N2. The van der Waals surface area contributed by atoms with Crippen LogP contribution in [-0.4, -0.2) is 31.1 Å². The highest BCUT2D eigenvalue weighted by Crippen LogP contribution is 2.20. The zero-order chi connectivity index (χ0) is 14.4. The van der Waals surface area contributed by atoms with Crippen molar-refractivity contribution in [2.75, 3.05) is 26.2 Å². The summed E-state index contributed by atoms with van der Waals surface area (Å²) in [5, 5.41) is 3.48. The monoisotopic (exact) mass is 276 g/mol. The van der Waals surface area contributed by atoms with Crippen LogP contribution in [0.4, 0.5) is 0 Å². The Hall–Kier alpha value is -0.860. The van der Waals surface area contributed by atoms with E-state index in [1.165, 1.54) is 43.6 Å². The lowest BCUT2D eigenvalue weighted by Crippen LogP contribution is -2.36. The third-order valence-corrected chi connectivity index (χ3v) is 4.44. The maximum absolute atomic E-state index is 3.48. The number of nitrogens with zero attached hydrogens (tertiary/aromatic N) is 1. The molecule has 1 heterocycles. The Balaban J connectivity index is 0.00000220. The van der Waals surface area contributed by atoms with Crippen molar-refractivity contribution in [1.29, 1.82) is 0 Å². The minimum absolute atomic E-state index is 0. The van der Waals surface area contributed by atoms with Crippen molar-refractivity contribution in [3.05, 3.63) is 35.4 Å². The summed E-state index contributed by atoms with van der Waals surface area (Å²) >= 11 is 0. The molecule has 1 aromatic carbocycles. The van der Waals surface area contributed by atoms with Gasteiger partial charge in [0.2, 0.25) is 0 Å². The minimum Gasteiger partial charge on any atom is -0.317 e. The summed E-state index contributed by atoms with van der Waals surface area (Å²) in [6.07, 6.45) is 2.69. The molecule has 0 aromatic heterocycles. The second-order valence-corrected chi connectivity index (χ2v) is 6.42. The fourth-order valence-electron chi connectivity index (χ4n) is 2.96. The van der Waals surface area contributed by atoms with Gasteiger partial charge >= 0.3 is 0 Å². The van der Waals surface area contributed by atoms with Crippen molar-refractivity contribution in [2.24, 2.45) is 5.92 Å². The van der Waals surface area contributed by atoms with E-state index in [4.69, 9.17) is 0 Å². The van der Waals surface area contributed by atoms with Crippen LogP contribution in [0.2, 0.25) is 0 Å². The van der Waals surface area contributed by atoms with Gasteiger partial charge in [0.1, 0.15) is 0 Å². The van der Waals surface area contributed by atoms with Gasteiger partial charge in [0.05, 0.1) is 0 Å². The molecule has 0 saturated carbocycles. The summed E-state index contributed by atoms with van der Waals surface area (Å²) in [5.74, 6) is 1.51. The molecule has 0 unspecified atom stereocenters. The molecule has 1 aromatic rings. The summed E-state index contributed by atoms with van der Waals surface area (Å²) in [6.45, 7) is 12.6. The Labute approximate surface area is 126 Å². The van der Waals surface area contributed by atoms with Gasteiger partial charge in [-0.3, -0.25) is 4.90 Å². The minimum atomic E-state index is 0.